The zero-order valence-corrected chi connectivity index (χ0v) is 19.9. The van der Waals surface area contributed by atoms with Crippen molar-refractivity contribution in [2.75, 3.05) is 19.7 Å². The number of allylic oxidation sites excluding steroid dienone is 1. The maximum atomic E-state index is 6.72. The van der Waals surface area contributed by atoms with E-state index in [2.05, 4.69) is 19.9 Å². The van der Waals surface area contributed by atoms with E-state index in [4.69, 9.17) is 25.4 Å². The topological polar surface area (TPSA) is 83.6 Å². The minimum atomic E-state index is -0.0609. The van der Waals surface area contributed by atoms with Crippen LogP contribution in [-0.4, -0.2) is 31.9 Å². The average molecular weight is 443 g/mol. The second-order valence-electron chi connectivity index (χ2n) is 11.3. The molecule has 1 aromatic heterocycles. The Hall–Kier alpha value is -1.14. The molecule has 0 radical (unpaired) electrons. The normalized spacial score (nSPS) is 42.0. The summed E-state index contributed by atoms with van der Waals surface area (Å²) in [5.41, 5.74) is 15.1. The molecule has 0 amide bonds. The predicted octanol–water partition coefficient (Wildman–Crippen LogP) is 4.97. The van der Waals surface area contributed by atoms with Gasteiger partial charge in [0.15, 0.2) is 0 Å². The van der Waals surface area contributed by atoms with Gasteiger partial charge in [-0.2, -0.15) is 0 Å². The Labute approximate surface area is 193 Å². The molecule has 3 fully saturated rings. The van der Waals surface area contributed by atoms with Crippen LogP contribution in [0.15, 0.2) is 34.7 Å². The zero-order chi connectivity index (χ0) is 22.3. The summed E-state index contributed by atoms with van der Waals surface area (Å²) in [4.78, 5) is 0. The van der Waals surface area contributed by atoms with Crippen molar-refractivity contribution < 1.29 is 13.9 Å². The zero-order valence-electron chi connectivity index (χ0n) is 19.9. The van der Waals surface area contributed by atoms with Crippen molar-refractivity contribution in [2.45, 2.75) is 83.5 Å². The highest BCUT2D eigenvalue weighted by atomic mass is 16.5. The number of hydrogen-bond acceptors (Lipinski definition) is 5. The van der Waals surface area contributed by atoms with Crippen LogP contribution in [0.3, 0.4) is 0 Å². The summed E-state index contributed by atoms with van der Waals surface area (Å²) in [6.07, 6.45) is 16.5. The molecule has 0 aromatic carbocycles. The third-order valence-corrected chi connectivity index (χ3v) is 9.89. The second-order valence-corrected chi connectivity index (χ2v) is 11.3. The highest BCUT2D eigenvalue weighted by molar-refractivity contribution is 5.25. The number of ether oxygens (including phenoxy) is 2. The van der Waals surface area contributed by atoms with Gasteiger partial charge in [0, 0.05) is 18.7 Å². The van der Waals surface area contributed by atoms with Crippen LogP contribution in [0.25, 0.3) is 0 Å². The molecular formula is C27H42N2O3. The Balaban J connectivity index is 1.32. The van der Waals surface area contributed by atoms with Crippen molar-refractivity contribution in [1.29, 1.82) is 0 Å². The summed E-state index contributed by atoms with van der Waals surface area (Å²) < 4.78 is 18.0. The lowest BCUT2D eigenvalue weighted by molar-refractivity contribution is -0.117. The molecule has 5 rings (SSSR count). The average Bonchev–Trinajstić information content (AvgIpc) is 3.44. The Morgan fingerprint density at radius 3 is 2.72 bits per heavy atom. The predicted molar refractivity (Wildman–Crippen MR) is 126 cm³/mol. The summed E-state index contributed by atoms with van der Waals surface area (Å²) >= 11 is 0. The van der Waals surface area contributed by atoms with Crippen molar-refractivity contribution >= 4 is 0 Å². The van der Waals surface area contributed by atoms with Gasteiger partial charge in [-0.15, -0.1) is 0 Å². The van der Waals surface area contributed by atoms with Gasteiger partial charge in [-0.1, -0.05) is 25.5 Å². The van der Waals surface area contributed by atoms with E-state index in [1.54, 1.807) is 18.1 Å². The highest BCUT2D eigenvalue weighted by Gasteiger charge is 2.59. The van der Waals surface area contributed by atoms with Gasteiger partial charge in [0.2, 0.25) is 0 Å². The first-order valence-electron chi connectivity index (χ1n) is 12.9. The van der Waals surface area contributed by atoms with Gasteiger partial charge >= 0.3 is 0 Å². The highest BCUT2D eigenvalue weighted by Crippen LogP contribution is 2.66. The maximum absolute atomic E-state index is 6.72. The van der Waals surface area contributed by atoms with Crippen LogP contribution >= 0.6 is 0 Å². The third-order valence-electron chi connectivity index (χ3n) is 9.89. The van der Waals surface area contributed by atoms with Crippen LogP contribution in [0, 0.1) is 28.6 Å². The number of rotatable bonds is 7. The Bertz CT molecular complexity index is 808. The van der Waals surface area contributed by atoms with E-state index in [0.717, 1.165) is 36.2 Å². The van der Waals surface area contributed by atoms with E-state index in [9.17, 15) is 0 Å². The van der Waals surface area contributed by atoms with Gasteiger partial charge in [-0.25, -0.2) is 0 Å². The third kappa shape index (κ3) is 3.70. The van der Waals surface area contributed by atoms with Gasteiger partial charge in [0.1, 0.15) is 0 Å². The Kier molecular flexibility index (Phi) is 6.30. The first-order chi connectivity index (χ1) is 15.5. The number of nitrogens with two attached hydrogens (primary N) is 2. The van der Waals surface area contributed by atoms with Crippen LogP contribution in [0.1, 0.15) is 76.9 Å². The number of fused-ring (bicyclic) bond motifs is 5. The van der Waals surface area contributed by atoms with Gasteiger partial charge in [0.25, 0.3) is 0 Å². The van der Waals surface area contributed by atoms with E-state index in [1.165, 1.54) is 38.5 Å². The molecule has 32 heavy (non-hydrogen) atoms. The van der Waals surface area contributed by atoms with Gasteiger partial charge in [-0.05, 0) is 86.0 Å². The SMILES string of the molecule is C[C@]12CC[C@H]3[C@@H](CCC4=C[C@@H](OCCN)CC[C@@]43C)[C@@H]1CC[C@@H]2OC(CN)c1ccoc1. The molecule has 1 aromatic rings. The molecule has 0 aliphatic heterocycles. The van der Waals surface area contributed by atoms with Crippen molar-refractivity contribution in [3.8, 4) is 0 Å². The van der Waals surface area contributed by atoms with Crippen molar-refractivity contribution in [1.82, 2.24) is 0 Å². The van der Waals surface area contributed by atoms with Crippen LogP contribution in [0.4, 0.5) is 0 Å². The van der Waals surface area contributed by atoms with Gasteiger partial charge in [0.05, 0.1) is 37.4 Å². The molecule has 8 atom stereocenters. The van der Waals surface area contributed by atoms with E-state index < -0.39 is 0 Å². The fraction of sp³-hybridized carbons (Fsp3) is 0.778. The monoisotopic (exact) mass is 442 g/mol. The quantitative estimate of drug-likeness (QED) is 0.583. The fourth-order valence-corrected chi connectivity index (χ4v) is 8.15. The van der Waals surface area contributed by atoms with Crippen molar-refractivity contribution in [2.24, 2.45) is 40.1 Å². The molecule has 1 heterocycles. The van der Waals surface area contributed by atoms with Crippen LogP contribution in [0.5, 0.6) is 0 Å². The summed E-state index contributed by atoms with van der Waals surface area (Å²) in [6, 6.07) is 1.99. The molecule has 1 unspecified atom stereocenters. The summed E-state index contributed by atoms with van der Waals surface area (Å²) in [6.45, 7) is 6.85. The van der Waals surface area contributed by atoms with E-state index >= 15 is 0 Å². The second kappa shape index (κ2) is 8.90. The standard InChI is InChI=1S/C27H42N2O3/c1-26-10-7-20(31-14-12-28)15-19(26)3-4-21-22-5-6-25(27(22,2)11-8-23(21)26)32-24(16-29)18-9-13-30-17-18/h9,13,15,17,20-25H,3-8,10-12,14,16,28-29H2,1-2H3/t20-,21-,22-,23-,24?,25-,26-,27-/m0/s1. The van der Waals surface area contributed by atoms with Crippen LogP contribution in [0.2, 0.25) is 0 Å². The van der Waals surface area contributed by atoms with Crippen LogP contribution in [-0.2, 0) is 9.47 Å². The largest absolute Gasteiger partial charge is 0.472 e. The molecular weight excluding hydrogens is 400 g/mol. The Morgan fingerprint density at radius 1 is 1.09 bits per heavy atom. The van der Waals surface area contributed by atoms with E-state index in [1.807, 2.05) is 6.07 Å². The lowest BCUT2D eigenvalue weighted by atomic mass is 9.47. The molecule has 5 heteroatoms. The molecule has 0 bridgehead atoms. The lowest BCUT2D eigenvalue weighted by Crippen LogP contribution is -2.52. The van der Waals surface area contributed by atoms with E-state index in [-0.39, 0.29) is 17.6 Å². The molecule has 5 nitrogen and oxygen atoms in total. The molecule has 3 saturated carbocycles. The lowest BCUT2D eigenvalue weighted by Gasteiger charge is -2.58. The summed E-state index contributed by atoms with van der Waals surface area (Å²) in [5, 5.41) is 0. The molecule has 4 aliphatic carbocycles. The molecule has 4 aliphatic rings. The molecule has 178 valence electrons. The first kappa shape index (κ1) is 22.6. The van der Waals surface area contributed by atoms with Gasteiger partial charge < -0.3 is 25.4 Å². The number of hydrogen-bond donors (Lipinski definition) is 2. The Morgan fingerprint density at radius 2 is 1.97 bits per heavy atom. The molecule has 0 saturated heterocycles. The maximum Gasteiger partial charge on any atom is 0.0981 e. The van der Waals surface area contributed by atoms with Crippen LogP contribution < -0.4 is 11.5 Å². The minimum absolute atomic E-state index is 0.0609. The van der Waals surface area contributed by atoms with Crippen molar-refractivity contribution in [3.05, 3.63) is 35.8 Å². The smallest absolute Gasteiger partial charge is 0.0981 e. The first-order valence-corrected chi connectivity index (χ1v) is 12.9. The fourth-order valence-electron chi connectivity index (χ4n) is 8.15. The summed E-state index contributed by atoms with van der Waals surface area (Å²) in [7, 11) is 0. The minimum Gasteiger partial charge on any atom is -0.472 e. The van der Waals surface area contributed by atoms with Gasteiger partial charge in [-0.3, -0.25) is 0 Å². The summed E-state index contributed by atoms with van der Waals surface area (Å²) in [5.74, 6) is 2.38. The molecule has 0 spiro atoms. The number of furan rings is 1. The van der Waals surface area contributed by atoms with E-state index in [0.29, 0.717) is 31.2 Å². The molecule has 4 N–H and O–H groups in total. The van der Waals surface area contributed by atoms with Crippen molar-refractivity contribution in [3.63, 3.8) is 0 Å².